The molecular formula is C20H19N5O3. The third-order valence-electron chi connectivity index (χ3n) is 4.37. The molecule has 28 heavy (non-hydrogen) atoms. The quantitative estimate of drug-likeness (QED) is 0.711. The van der Waals surface area contributed by atoms with Crippen LogP contribution in [0.25, 0.3) is 11.4 Å². The van der Waals surface area contributed by atoms with Crippen LogP contribution in [-0.4, -0.2) is 39.9 Å². The van der Waals surface area contributed by atoms with E-state index in [1.165, 1.54) is 4.68 Å². The van der Waals surface area contributed by atoms with Crippen molar-refractivity contribution in [2.45, 2.75) is 13.1 Å². The highest BCUT2D eigenvalue weighted by atomic mass is 16.6. The summed E-state index contributed by atoms with van der Waals surface area (Å²) in [4.78, 5) is 29.6. The van der Waals surface area contributed by atoms with Gasteiger partial charge in [0, 0.05) is 17.8 Å². The number of nitrogens with zero attached hydrogens (tertiary/aromatic N) is 4. The Morgan fingerprint density at radius 1 is 1.11 bits per heavy atom. The van der Waals surface area contributed by atoms with Crippen LogP contribution in [0.3, 0.4) is 0 Å². The molecule has 2 aromatic carbocycles. The number of carbonyl (C=O) groups is 2. The molecule has 0 spiro atoms. The van der Waals surface area contributed by atoms with Crippen molar-refractivity contribution in [1.29, 1.82) is 0 Å². The maximum absolute atomic E-state index is 12.2. The summed E-state index contributed by atoms with van der Waals surface area (Å²) in [6.45, 7) is 1.45. The Hall–Kier alpha value is -3.68. The summed E-state index contributed by atoms with van der Waals surface area (Å²) in [5.41, 5.74) is 2.63. The van der Waals surface area contributed by atoms with Crippen molar-refractivity contribution in [1.82, 2.24) is 20.1 Å². The SMILES string of the molecule is O=C(Cn1cnc(-c2ccccc2)n1)NCc1ccc(N2CCOC2=O)cc1. The summed E-state index contributed by atoms with van der Waals surface area (Å²) in [5, 5.41) is 7.20. The van der Waals surface area contributed by atoms with Crippen LogP contribution in [0.15, 0.2) is 60.9 Å². The fraction of sp³-hybridized carbons (Fsp3) is 0.200. The first kappa shape index (κ1) is 17.7. The van der Waals surface area contributed by atoms with Gasteiger partial charge in [-0.05, 0) is 17.7 Å². The van der Waals surface area contributed by atoms with Gasteiger partial charge in [0.25, 0.3) is 0 Å². The molecule has 0 saturated carbocycles. The van der Waals surface area contributed by atoms with Crippen molar-refractivity contribution in [3.8, 4) is 11.4 Å². The molecule has 0 unspecified atom stereocenters. The molecule has 1 aliphatic heterocycles. The second-order valence-corrected chi connectivity index (χ2v) is 6.34. The van der Waals surface area contributed by atoms with Gasteiger partial charge in [0.2, 0.25) is 5.91 Å². The minimum atomic E-state index is -0.330. The monoisotopic (exact) mass is 377 g/mol. The first-order chi connectivity index (χ1) is 13.7. The van der Waals surface area contributed by atoms with E-state index in [2.05, 4.69) is 15.4 Å². The summed E-state index contributed by atoms with van der Waals surface area (Å²) in [7, 11) is 0. The van der Waals surface area contributed by atoms with Crippen LogP contribution < -0.4 is 10.2 Å². The Bertz CT molecular complexity index is 969. The highest BCUT2D eigenvalue weighted by Gasteiger charge is 2.23. The lowest BCUT2D eigenvalue weighted by molar-refractivity contribution is -0.122. The summed E-state index contributed by atoms with van der Waals surface area (Å²) < 4.78 is 6.45. The van der Waals surface area contributed by atoms with Gasteiger partial charge in [-0.3, -0.25) is 9.69 Å². The zero-order valence-electron chi connectivity index (χ0n) is 15.1. The molecule has 8 heteroatoms. The van der Waals surface area contributed by atoms with Crippen LogP contribution in [0, 0.1) is 0 Å². The van der Waals surface area contributed by atoms with Crippen molar-refractivity contribution in [3.63, 3.8) is 0 Å². The Morgan fingerprint density at radius 3 is 2.61 bits per heavy atom. The Labute approximate surface area is 161 Å². The number of carbonyl (C=O) groups excluding carboxylic acids is 2. The molecule has 0 atom stereocenters. The van der Waals surface area contributed by atoms with Crippen molar-refractivity contribution < 1.29 is 14.3 Å². The highest BCUT2D eigenvalue weighted by molar-refractivity contribution is 5.89. The van der Waals surface area contributed by atoms with Crippen LogP contribution in [0.2, 0.25) is 0 Å². The third kappa shape index (κ3) is 4.01. The molecule has 1 saturated heterocycles. The Morgan fingerprint density at radius 2 is 1.89 bits per heavy atom. The zero-order valence-corrected chi connectivity index (χ0v) is 15.1. The van der Waals surface area contributed by atoms with Gasteiger partial charge in [-0.2, -0.15) is 5.10 Å². The lowest BCUT2D eigenvalue weighted by Gasteiger charge is -2.13. The summed E-state index contributed by atoms with van der Waals surface area (Å²) in [6.07, 6.45) is 1.22. The fourth-order valence-electron chi connectivity index (χ4n) is 2.92. The molecule has 1 aliphatic rings. The molecule has 1 aromatic heterocycles. The standard InChI is InChI=1S/C20H19N5O3/c26-18(13-24-14-22-19(23-24)16-4-2-1-3-5-16)21-12-15-6-8-17(9-7-15)25-10-11-28-20(25)27/h1-9,14H,10-13H2,(H,21,26). The van der Waals surface area contributed by atoms with Gasteiger partial charge in [-0.25, -0.2) is 14.5 Å². The Balaban J connectivity index is 1.30. The number of rotatable bonds is 6. The van der Waals surface area contributed by atoms with Gasteiger partial charge >= 0.3 is 6.09 Å². The van der Waals surface area contributed by atoms with Gasteiger partial charge in [0.15, 0.2) is 5.82 Å². The minimum Gasteiger partial charge on any atom is -0.447 e. The molecule has 0 bridgehead atoms. The molecule has 3 aromatic rings. The summed E-state index contributed by atoms with van der Waals surface area (Å²) in [6, 6.07) is 17.1. The predicted octanol–water partition coefficient (Wildman–Crippen LogP) is 2.22. The largest absolute Gasteiger partial charge is 0.447 e. The van der Waals surface area contributed by atoms with Crippen molar-refractivity contribution >= 4 is 17.7 Å². The Kier molecular flexibility index (Phi) is 5.01. The van der Waals surface area contributed by atoms with Crippen molar-refractivity contribution in [2.75, 3.05) is 18.1 Å². The van der Waals surface area contributed by atoms with E-state index in [0.29, 0.717) is 25.5 Å². The normalized spacial score (nSPS) is 13.4. The lowest BCUT2D eigenvalue weighted by Crippen LogP contribution is -2.27. The lowest BCUT2D eigenvalue weighted by atomic mass is 10.2. The van der Waals surface area contributed by atoms with E-state index in [-0.39, 0.29) is 18.5 Å². The predicted molar refractivity (Wildman–Crippen MR) is 102 cm³/mol. The molecule has 1 N–H and O–H groups in total. The topological polar surface area (TPSA) is 89.3 Å². The van der Waals surface area contributed by atoms with E-state index < -0.39 is 0 Å². The number of hydrogen-bond acceptors (Lipinski definition) is 5. The van der Waals surface area contributed by atoms with Gasteiger partial charge in [-0.15, -0.1) is 0 Å². The number of cyclic esters (lactones) is 1. The van der Waals surface area contributed by atoms with Crippen LogP contribution in [0.1, 0.15) is 5.56 Å². The molecule has 2 amide bonds. The van der Waals surface area contributed by atoms with Crippen LogP contribution in [0.5, 0.6) is 0 Å². The molecule has 2 heterocycles. The van der Waals surface area contributed by atoms with Gasteiger partial charge in [-0.1, -0.05) is 42.5 Å². The number of ether oxygens (including phenoxy) is 1. The first-order valence-corrected chi connectivity index (χ1v) is 8.94. The van der Waals surface area contributed by atoms with Gasteiger partial charge in [0.1, 0.15) is 19.5 Å². The molecule has 0 radical (unpaired) electrons. The molecule has 0 aliphatic carbocycles. The van der Waals surface area contributed by atoms with Crippen molar-refractivity contribution in [2.24, 2.45) is 0 Å². The van der Waals surface area contributed by atoms with E-state index >= 15 is 0 Å². The van der Waals surface area contributed by atoms with Gasteiger partial charge < -0.3 is 10.1 Å². The van der Waals surface area contributed by atoms with E-state index in [1.807, 2.05) is 54.6 Å². The molecular weight excluding hydrogens is 358 g/mol. The van der Waals surface area contributed by atoms with E-state index in [0.717, 1.165) is 16.8 Å². The second kappa shape index (κ2) is 7.91. The smallest absolute Gasteiger partial charge is 0.414 e. The number of anilines is 1. The summed E-state index contributed by atoms with van der Waals surface area (Å²) in [5.74, 6) is 0.432. The highest BCUT2D eigenvalue weighted by Crippen LogP contribution is 2.19. The van der Waals surface area contributed by atoms with Crippen LogP contribution in [0.4, 0.5) is 10.5 Å². The fourth-order valence-corrected chi connectivity index (χ4v) is 2.92. The van der Waals surface area contributed by atoms with Crippen molar-refractivity contribution in [3.05, 3.63) is 66.5 Å². The van der Waals surface area contributed by atoms with E-state index in [1.54, 1.807) is 11.2 Å². The number of amides is 2. The maximum Gasteiger partial charge on any atom is 0.414 e. The van der Waals surface area contributed by atoms with Crippen LogP contribution >= 0.6 is 0 Å². The first-order valence-electron chi connectivity index (χ1n) is 8.94. The molecule has 142 valence electrons. The van der Waals surface area contributed by atoms with Gasteiger partial charge in [0.05, 0.1) is 6.54 Å². The summed E-state index contributed by atoms with van der Waals surface area (Å²) >= 11 is 0. The average molecular weight is 377 g/mol. The number of benzene rings is 2. The van der Waals surface area contributed by atoms with Crippen LogP contribution in [-0.2, 0) is 22.6 Å². The average Bonchev–Trinajstić information content (AvgIpc) is 3.36. The number of aromatic nitrogens is 3. The second-order valence-electron chi connectivity index (χ2n) is 6.34. The molecule has 4 rings (SSSR count). The zero-order chi connectivity index (χ0) is 19.3. The maximum atomic E-state index is 12.2. The molecule has 1 fully saturated rings. The molecule has 8 nitrogen and oxygen atoms in total. The number of nitrogens with one attached hydrogen (secondary N) is 1. The minimum absolute atomic E-state index is 0.0948. The number of hydrogen-bond donors (Lipinski definition) is 1. The third-order valence-corrected chi connectivity index (χ3v) is 4.37. The van der Waals surface area contributed by atoms with E-state index in [9.17, 15) is 9.59 Å². The van der Waals surface area contributed by atoms with E-state index in [4.69, 9.17) is 4.74 Å².